The quantitative estimate of drug-likeness (QED) is 0.727. The molecule has 0 bridgehead atoms. The summed E-state index contributed by atoms with van der Waals surface area (Å²) in [4.78, 5) is 15.2. The van der Waals surface area contributed by atoms with Crippen LogP contribution in [0.15, 0.2) is 47.4 Å². The predicted octanol–water partition coefficient (Wildman–Crippen LogP) is 3.32. The van der Waals surface area contributed by atoms with E-state index in [9.17, 15) is 13.2 Å². The lowest BCUT2D eigenvalue weighted by Crippen LogP contribution is -2.40. The molecule has 1 aliphatic rings. The molecule has 2 aromatic rings. The van der Waals surface area contributed by atoms with E-state index in [4.69, 9.17) is 0 Å². The largest absolute Gasteiger partial charge is 0.350 e. The van der Waals surface area contributed by atoms with Crippen LogP contribution in [0.25, 0.3) is 0 Å². The van der Waals surface area contributed by atoms with Crippen LogP contribution in [0.1, 0.15) is 41.3 Å². The first kappa shape index (κ1) is 21.3. The molecule has 29 heavy (non-hydrogen) atoms. The molecule has 156 valence electrons. The lowest BCUT2D eigenvalue weighted by molar-refractivity contribution is 0.0940. The molecule has 6 nitrogen and oxygen atoms in total. The Bertz CT molecular complexity index is 971. The van der Waals surface area contributed by atoms with E-state index < -0.39 is 10.0 Å². The first-order valence-electron chi connectivity index (χ1n) is 10.0. The van der Waals surface area contributed by atoms with Crippen LogP contribution in [-0.2, 0) is 10.0 Å². The Balaban J connectivity index is 1.74. The number of hydrogen-bond acceptors (Lipinski definition) is 4. The molecule has 0 aromatic heterocycles. The normalized spacial score (nSPS) is 17.3. The maximum absolute atomic E-state index is 12.8. The zero-order valence-corrected chi connectivity index (χ0v) is 18.1. The Morgan fingerprint density at radius 3 is 2.55 bits per heavy atom. The summed E-state index contributed by atoms with van der Waals surface area (Å²) in [6.45, 7) is 8.48. The molecule has 2 N–H and O–H groups in total. The van der Waals surface area contributed by atoms with Crippen molar-refractivity contribution >= 4 is 21.6 Å². The van der Waals surface area contributed by atoms with Crippen molar-refractivity contribution in [2.24, 2.45) is 0 Å². The molecule has 1 saturated heterocycles. The number of sulfonamides is 1. The highest BCUT2D eigenvalue weighted by Gasteiger charge is 2.24. The van der Waals surface area contributed by atoms with E-state index >= 15 is 0 Å². The van der Waals surface area contributed by atoms with Crippen LogP contribution in [0.2, 0.25) is 0 Å². The average molecular weight is 416 g/mol. The Morgan fingerprint density at radius 1 is 1.14 bits per heavy atom. The SMILES string of the molecule is CCN1CCCC1CNC(=O)c1cc(S(=O)(=O)Nc2ccc(C)cc2)ccc1C. The molecule has 3 rings (SSSR count). The van der Waals surface area contributed by atoms with E-state index in [1.54, 1.807) is 18.2 Å². The van der Waals surface area contributed by atoms with Gasteiger partial charge in [-0.05, 0) is 69.6 Å². The van der Waals surface area contributed by atoms with Gasteiger partial charge in [0, 0.05) is 23.8 Å². The smallest absolute Gasteiger partial charge is 0.261 e. The number of likely N-dealkylation sites (tertiary alicyclic amines) is 1. The zero-order valence-electron chi connectivity index (χ0n) is 17.2. The lowest BCUT2D eigenvalue weighted by atomic mass is 10.1. The second-order valence-electron chi connectivity index (χ2n) is 7.58. The van der Waals surface area contributed by atoms with Gasteiger partial charge >= 0.3 is 0 Å². The van der Waals surface area contributed by atoms with Crippen LogP contribution >= 0.6 is 0 Å². The van der Waals surface area contributed by atoms with Gasteiger partial charge in [0.25, 0.3) is 15.9 Å². The number of anilines is 1. The van der Waals surface area contributed by atoms with Gasteiger partial charge in [-0.1, -0.05) is 30.7 Å². The number of carbonyl (C=O) groups is 1. The number of hydrogen-bond donors (Lipinski definition) is 2. The topological polar surface area (TPSA) is 78.5 Å². The summed E-state index contributed by atoms with van der Waals surface area (Å²) >= 11 is 0. The number of aryl methyl sites for hydroxylation is 2. The van der Waals surface area contributed by atoms with Crippen molar-refractivity contribution < 1.29 is 13.2 Å². The summed E-state index contributed by atoms with van der Waals surface area (Å²) in [5.74, 6) is -0.238. The fourth-order valence-electron chi connectivity index (χ4n) is 3.70. The third kappa shape index (κ3) is 5.16. The van der Waals surface area contributed by atoms with Gasteiger partial charge in [0.1, 0.15) is 0 Å². The minimum absolute atomic E-state index is 0.0740. The molecule has 1 amide bonds. The fourth-order valence-corrected chi connectivity index (χ4v) is 4.78. The van der Waals surface area contributed by atoms with Crippen molar-refractivity contribution in [1.29, 1.82) is 0 Å². The van der Waals surface area contributed by atoms with Crippen LogP contribution in [-0.4, -0.2) is 44.9 Å². The van der Waals surface area contributed by atoms with Crippen LogP contribution in [0.3, 0.4) is 0 Å². The number of rotatable bonds is 7. The first-order chi connectivity index (χ1) is 13.8. The van der Waals surface area contributed by atoms with E-state index in [2.05, 4.69) is 21.9 Å². The van der Waals surface area contributed by atoms with Gasteiger partial charge in [-0.25, -0.2) is 8.42 Å². The minimum Gasteiger partial charge on any atom is -0.350 e. The molecule has 1 aliphatic heterocycles. The first-order valence-corrected chi connectivity index (χ1v) is 11.5. The molecule has 0 spiro atoms. The summed E-state index contributed by atoms with van der Waals surface area (Å²) in [7, 11) is -3.78. The van der Waals surface area contributed by atoms with Crippen LogP contribution in [0.5, 0.6) is 0 Å². The van der Waals surface area contributed by atoms with Gasteiger partial charge in [-0.3, -0.25) is 14.4 Å². The van der Waals surface area contributed by atoms with Crippen molar-refractivity contribution in [3.63, 3.8) is 0 Å². The molecule has 2 aromatic carbocycles. The highest BCUT2D eigenvalue weighted by Crippen LogP contribution is 2.20. The van der Waals surface area contributed by atoms with Crippen molar-refractivity contribution in [1.82, 2.24) is 10.2 Å². The molecular formula is C22H29N3O3S. The third-order valence-electron chi connectivity index (χ3n) is 5.47. The Morgan fingerprint density at radius 2 is 1.86 bits per heavy atom. The van der Waals surface area contributed by atoms with Crippen molar-refractivity contribution in [3.8, 4) is 0 Å². The highest BCUT2D eigenvalue weighted by molar-refractivity contribution is 7.92. The third-order valence-corrected chi connectivity index (χ3v) is 6.85. The van der Waals surface area contributed by atoms with Crippen molar-refractivity contribution in [2.75, 3.05) is 24.4 Å². The zero-order chi connectivity index (χ0) is 21.0. The van der Waals surface area contributed by atoms with E-state index in [0.29, 0.717) is 23.8 Å². The number of nitrogens with one attached hydrogen (secondary N) is 2. The summed E-state index contributed by atoms with van der Waals surface area (Å²) in [6.07, 6.45) is 2.22. The van der Waals surface area contributed by atoms with E-state index in [-0.39, 0.29) is 10.8 Å². The molecule has 0 saturated carbocycles. The monoisotopic (exact) mass is 415 g/mol. The maximum Gasteiger partial charge on any atom is 0.261 e. The second-order valence-corrected chi connectivity index (χ2v) is 9.27. The highest BCUT2D eigenvalue weighted by atomic mass is 32.2. The summed E-state index contributed by atoms with van der Waals surface area (Å²) in [5.41, 5.74) is 2.67. The second kappa shape index (κ2) is 8.97. The van der Waals surface area contributed by atoms with Crippen molar-refractivity contribution in [2.45, 2.75) is 44.6 Å². The number of amides is 1. The maximum atomic E-state index is 12.8. The van der Waals surface area contributed by atoms with Gasteiger partial charge in [-0.15, -0.1) is 0 Å². The number of likely N-dealkylation sites (N-methyl/N-ethyl adjacent to an activating group) is 1. The van der Waals surface area contributed by atoms with Crippen LogP contribution in [0.4, 0.5) is 5.69 Å². The van der Waals surface area contributed by atoms with E-state index in [1.807, 2.05) is 26.0 Å². The molecule has 1 unspecified atom stereocenters. The molecule has 7 heteroatoms. The summed E-state index contributed by atoms with van der Waals surface area (Å²) < 4.78 is 28.1. The average Bonchev–Trinajstić information content (AvgIpc) is 3.15. The van der Waals surface area contributed by atoms with Crippen LogP contribution in [0, 0.1) is 13.8 Å². The van der Waals surface area contributed by atoms with Gasteiger partial charge in [0.2, 0.25) is 0 Å². The Kier molecular flexibility index (Phi) is 6.59. The van der Waals surface area contributed by atoms with Crippen molar-refractivity contribution in [3.05, 3.63) is 59.2 Å². The Labute approximate surface area is 173 Å². The molecular weight excluding hydrogens is 386 g/mol. The summed E-state index contributed by atoms with van der Waals surface area (Å²) in [5, 5.41) is 2.98. The Hall–Kier alpha value is -2.38. The minimum atomic E-state index is -3.78. The number of nitrogens with zero attached hydrogens (tertiary/aromatic N) is 1. The van der Waals surface area contributed by atoms with E-state index in [0.717, 1.165) is 37.1 Å². The molecule has 1 fully saturated rings. The van der Waals surface area contributed by atoms with E-state index in [1.165, 1.54) is 12.1 Å². The van der Waals surface area contributed by atoms with Gasteiger partial charge in [-0.2, -0.15) is 0 Å². The predicted molar refractivity (Wildman–Crippen MR) is 116 cm³/mol. The van der Waals surface area contributed by atoms with Gasteiger partial charge in [0.15, 0.2) is 0 Å². The van der Waals surface area contributed by atoms with Crippen LogP contribution < -0.4 is 10.0 Å². The number of carbonyl (C=O) groups excluding carboxylic acids is 1. The molecule has 0 radical (unpaired) electrons. The van der Waals surface area contributed by atoms with Gasteiger partial charge < -0.3 is 5.32 Å². The molecule has 0 aliphatic carbocycles. The van der Waals surface area contributed by atoms with Gasteiger partial charge in [0.05, 0.1) is 4.90 Å². The number of benzene rings is 2. The fraction of sp³-hybridized carbons (Fsp3) is 0.409. The summed E-state index contributed by atoms with van der Waals surface area (Å²) in [6, 6.07) is 12.1. The molecule has 1 heterocycles. The molecule has 1 atom stereocenters. The lowest BCUT2D eigenvalue weighted by Gasteiger charge is -2.23. The standard InChI is InChI=1S/C22H29N3O3S/c1-4-25-13-5-6-19(25)15-23-22(26)21-14-20(12-9-17(21)3)29(27,28)24-18-10-7-16(2)8-11-18/h7-12,14,19,24H,4-6,13,15H2,1-3H3,(H,23,26).